The summed E-state index contributed by atoms with van der Waals surface area (Å²) in [7, 11) is 1.51. The average Bonchev–Trinajstić information content (AvgIpc) is 2.77. The molecule has 0 spiro atoms. The van der Waals surface area contributed by atoms with Gasteiger partial charge in [-0.2, -0.15) is 0 Å². The molecular formula is C11H9ClFNO2. The number of aromatic nitrogens is 1. The highest BCUT2D eigenvalue weighted by Crippen LogP contribution is 2.31. The van der Waals surface area contributed by atoms with Gasteiger partial charge in [-0.15, -0.1) is 11.6 Å². The van der Waals surface area contributed by atoms with Crippen LogP contribution in [0.25, 0.3) is 11.3 Å². The first kappa shape index (κ1) is 11.0. The summed E-state index contributed by atoms with van der Waals surface area (Å²) in [4.78, 5) is 3.94. The van der Waals surface area contributed by atoms with E-state index >= 15 is 0 Å². The Labute approximate surface area is 96.8 Å². The van der Waals surface area contributed by atoms with E-state index in [1.165, 1.54) is 31.5 Å². The fraction of sp³-hybridized carbons (Fsp3) is 0.182. The maximum atomic E-state index is 13.1. The van der Waals surface area contributed by atoms with Crippen LogP contribution < -0.4 is 4.74 Å². The van der Waals surface area contributed by atoms with Crippen LogP contribution in [0.4, 0.5) is 4.39 Å². The number of halogens is 2. The highest BCUT2D eigenvalue weighted by molar-refractivity contribution is 6.16. The number of hydrogen-bond acceptors (Lipinski definition) is 3. The molecule has 1 heterocycles. The largest absolute Gasteiger partial charge is 0.496 e. The quantitative estimate of drug-likeness (QED) is 0.774. The van der Waals surface area contributed by atoms with Gasteiger partial charge in [0.2, 0.25) is 5.89 Å². The lowest BCUT2D eigenvalue weighted by atomic mass is 10.1. The second kappa shape index (κ2) is 4.53. The van der Waals surface area contributed by atoms with Gasteiger partial charge in [-0.3, -0.25) is 0 Å². The molecule has 0 aliphatic rings. The minimum Gasteiger partial charge on any atom is -0.496 e. The Morgan fingerprint density at radius 2 is 2.31 bits per heavy atom. The molecule has 0 unspecified atom stereocenters. The van der Waals surface area contributed by atoms with Gasteiger partial charge in [0.15, 0.2) is 5.76 Å². The summed E-state index contributed by atoms with van der Waals surface area (Å²) in [5, 5.41) is 0. The standard InChI is InChI=1S/C11H9ClFNO2/c1-15-9-3-2-7(13)4-8(9)10-6-14-11(5-12)16-10/h2-4,6H,5H2,1H3. The van der Waals surface area contributed by atoms with Crippen LogP contribution in [0.15, 0.2) is 28.8 Å². The molecule has 3 nitrogen and oxygen atoms in total. The van der Waals surface area contributed by atoms with Gasteiger partial charge in [0.25, 0.3) is 0 Å². The van der Waals surface area contributed by atoms with Crippen molar-refractivity contribution in [2.45, 2.75) is 5.88 Å². The molecule has 0 radical (unpaired) electrons. The van der Waals surface area contributed by atoms with E-state index in [0.29, 0.717) is 23.0 Å². The minimum absolute atomic E-state index is 0.178. The molecule has 0 N–H and O–H groups in total. The zero-order valence-corrected chi connectivity index (χ0v) is 9.29. The van der Waals surface area contributed by atoms with Crippen molar-refractivity contribution in [2.75, 3.05) is 7.11 Å². The number of alkyl halides is 1. The highest BCUT2D eigenvalue weighted by Gasteiger charge is 2.12. The van der Waals surface area contributed by atoms with E-state index in [1.54, 1.807) is 0 Å². The van der Waals surface area contributed by atoms with Crippen molar-refractivity contribution in [2.24, 2.45) is 0 Å². The monoisotopic (exact) mass is 241 g/mol. The normalized spacial score (nSPS) is 10.4. The number of hydrogen-bond donors (Lipinski definition) is 0. The third-order valence-electron chi connectivity index (χ3n) is 2.09. The Morgan fingerprint density at radius 1 is 1.50 bits per heavy atom. The third kappa shape index (κ3) is 2.02. The second-order valence-electron chi connectivity index (χ2n) is 3.10. The van der Waals surface area contributed by atoms with Gasteiger partial charge in [0.1, 0.15) is 11.6 Å². The smallest absolute Gasteiger partial charge is 0.209 e. The second-order valence-corrected chi connectivity index (χ2v) is 3.36. The average molecular weight is 242 g/mol. The van der Waals surface area contributed by atoms with Crippen LogP contribution in [-0.2, 0) is 5.88 Å². The van der Waals surface area contributed by atoms with Crippen molar-refractivity contribution in [3.8, 4) is 17.1 Å². The molecule has 84 valence electrons. The molecule has 2 aromatic rings. The Hall–Kier alpha value is -1.55. The predicted molar refractivity (Wildman–Crippen MR) is 58.0 cm³/mol. The first-order valence-electron chi connectivity index (χ1n) is 4.59. The summed E-state index contributed by atoms with van der Waals surface area (Å²) < 4.78 is 23.6. The summed E-state index contributed by atoms with van der Waals surface area (Å²) in [6.45, 7) is 0. The van der Waals surface area contributed by atoms with Gasteiger partial charge >= 0.3 is 0 Å². The molecule has 1 aromatic carbocycles. The molecule has 0 saturated carbocycles. The van der Waals surface area contributed by atoms with Gasteiger partial charge < -0.3 is 9.15 Å². The number of nitrogens with zero attached hydrogens (tertiary/aromatic N) is 1. The molecule has 0 aliphatic carbocycles. The first-order chi connectivity index (χ1) is 7.74. The van der Waals surface area contributed by atoms with Crippen molar-refractivity contribution >= 4 is 11.6 Å². The topological polar surface area (TPSA) is 35.3 Å². The number of benzene rings is 1. The maximum absolute atomic E-state index is 13.1. The van der Waals surface area contributed by atoms with Crippen LogP contribution in [0.3, 0.4) is 0 Å². The molecule has 0 aliphatic heterocycles. The summed E-state index contributed by atoms with van der Waals surface area (Å²) in [6.07, 6.45) is 1.50. The highest BCUT2D eigenvalue weighted by atomic mass is 35.5. The summed E-state index contributed by atoms with van der Waals surface area (Å²) >= 11 is 5.57. The lowest BCUT2D eigenvalue weighted by Gasteiger charge is -2.05. The van der Waals surface area contributed by atoms with Gasteiger partial charge in [0.05, 0.1) is 24.8 Å². The van der Waals surface area contributed by atoms with Gasteiger partial charge in [-0.05, 0) is 18.2 Å². The maximum Gasteiger partial charge on any atom is 0.209 e. The van der Waals surface area contributed by atoms with E-state index in [1.807, 2.05) is 0 Å². The van der Waals surface area contributed by atoms with Gasteiger partial charge in [0, 0.05) is 0 Å². The van der Waals surface area contributed by atoms with E-state index in [2.05, 4.69) is 4.98 Å². The fourth-order valence-electron chi connectivity index (χ4n) is 1.37. The van der Waals surface area contributed by atoms with Crippen molar-refractivity contribution in [1.29, 1.82) is 0 Å². The Morgan fingerprint density at radius 3 is 2.94 bits per heavy atom. The van der Waals surface area contributed by atoms with E-state index < -0.39 is 0 Å². The van der Waals surface area contributed by atoms with Crippen LogP contribution in [0.5, 0.6) is 5.75 Å². The van der Waals surface area contributed by atoms with Gasteiger partial charge in [-0.1, -0.05) is 0 Å². The van der Waals surface area contributed by atoms with Crippen LogP contribution in [0, 0.1) is 5.82 Å². The zero-order chi connectivity index (χ0) is 11.5. The number of ether oxygens (including phenoxy) is 1. The first-order valence-corrected chi connectivity index (χ1v) is 5.12. The molecule has 2 rings (SSSR count). The zero-order valence-electron chi connectivity index (χ0n) is 8.54. The third-order valence-corrected chi connectivity index (χ3v) is 2.32. The van der Waals surface area contributed by atoms with Crippen LogP contribution in [-0.4, -0.2) is 12.1 Å². The van der Waals surface area contributed by atoms with Crippen LogP contribution in [0.2, 0.25) is 0 Å². The molecule has 0 bridgehead atoms. The van der Waals surface area contributed by atoms with Crippen LogP contribution in [0.1, 0.15) is 5.89 Å². The van der Waals surface area contributed by atoms with E-state index in [4.69, 9.17) is 20.8 Å². The summed E-state index contributed by atoms with van der Waals surface area (Å²) in [5.41, 5.74) is 0.520. The molecule has 1 aromatic heterocycles. The molecule has 0 amide bonds. The SMILES string of the molecule is COc1ccc(F)cc1-c1cnc(CCl)o1. The molecule has 0 fully saturated rings. The van der Waals surface area contributed by atoms with Crippen molar-refractivity contribution in [3.63, 3.8) is 0 Å². The molecule has 0 atom stereocenters. The summed E-state index contributed by atoms with van der Waals surface area (Å²) in [5.74, 6) is 1.17. The van der Waals surface area contributed by atoms with E-state index in [-0.39, 0.29) is 11.7 Å². The van der Waals surface area contributed by atoms with Crippen LogP contribution >= 0.6 is 11.6 Å². The lowest BCUT2D eigenvalue weighted by Crippen LogP contribution is -1.88. The van der Waals surface area contributed by atoms with Crippen molar-refractivity contribution in [3.05, 3.63) is 36.1 Å². The molecular weight excluding hydrogens is 233 g/mol. The number of oxazole rings is 1. The fourth-order valence-corrected chi connectivity index (χ4v) is 1.49. The summed E-state index contributed by atoms with van der Waals surface area (Å²) in [6, 6.07) is 4.19. The van der Waals surface area contributed by atoms with E-state index in [0.717, 1.165) is 0 Å². The van der Waals surface area contributed by atoms with E-state index in [9.17, 15) is 4.39 Å². The Bertz CT molecular complexity index is 498. The predicted octanol–water partition coefficient (Wildman–Crippen LogP) is 3.23. The van der Waals surface area contributed by atoms with Gasteiger partial charge in [-0.25, -0.2) is 9.37 Å². The number of methoxy groups -OCH3 is 1. The lowest BCUT2D eigenvalue weighted by molar-refractivity contribution is 0.413. The number of rotatable bonds is 3. The molecule has 5 heteroatoms. The minimum atomic E-state index is -0.361. The Kier molecular flexibility index (Phi) is 3.10. The van der Waals surface area contributed by atoms with Crippen molar-refractivity contribution < 1.29 is 13.5 Å². The molecule has 16 heavy (non-hydrogen) atoms. The van der Waals surface area contributed by atoms with Crippen molar-refractivity contribution in [1.82, 2.24) is 4.98 Å². The molecule has 0 saturated heterocycles. The Balaban J connectivity index is 2.49.